The minimum absolute atomic E-state index is 0.0279. The molecule has 2 fully saturated rings. The van der Waals surface area contributed by atoms with Crippen molar-refractivity contribution in [1.29, 1.82) is 0 Å². The number of carbonyl (C=O) groups excluding carboxylic acids is 1. The van der Waals surface area contributed by atoms with Crippen LogP contribution in [0.4, 0.5) is 0 Å². The highest BCUT2D eigenvalue weighted by molar-refractivity contribution is 7.91. The van der Waals surface area contributed by atoms with Gasteiger partial charge in [0, 0.05) is 6.04 Å². The van der Waals surface area contributed by atoms with Gasteiger partial charge < -0.3 is 4.90 Å². The van der Waals surface area contributed by atoms with Crippen LogP contribution >= 0.6 is 0 Å². The monoisotopic (exact) mass is 288 g/mol. The lowest BCUT2D eigenvalue weighted by atomic mass is 10.1. The smallest absolute Gasteiger partial charge is 0.241 e. The second-order valence-corrected chi connectivity index (χ2v) is 7.97. The van der Waals surface area contributed by atoms with Crippen molar-refractivity contribution in [2.75, 3.05) is 11.5 Å². The highest BCUT2D eigenvalue weighted by Crippen LogP contribution is 2.25. The zero-order chi connectivity index (χ0) is 14.0. The first-order valence-corrected chi connectivity index (χ1v) is 9.05. The van der Waals surface area contributed by atoms with E-state index in [1.165, 1.54) is 0 Å². The summed E-state index contributed by atoms with van der Waals surface area (Å²) in [6, 6.07) is 0.0126. The summed E-state index contributed by atoms with van der Waals surface area (Å²) >= 11 is 0. The van der Waals surface area contributed by atoms with E-state index in [1.807, 2.05) is 11.8 Å². The van der Waals surface area contributed by atoms with Crippen molar-refractivity contribution >= 4 is 15.7 Å². The molecule has 0 aromatic heterocycles. The molecule has 0 aliphatic carbocycles. The summed E-state index contributed by atoms with van der Waals surface area (Å²) in [7, 11) is -2.87. The average Bonchev–Trinajstić information content (AvgIpc) is 2.63. The highest BCUT2D eigenvalue weighted by Gasteiger charge is 2.41. The zero-order valence-corrected chi connectivity index (χ0v) is 12.6. The molecular formula is C13H24N2O3S. The number of hydrogen-bond acceptors (Lipinski definition) is 4. The Labute approximate surface area is 115 Å². The molecule has 2 rings (SSSR count). The molecule has 2 saturated heterocycles. The van der Waals surface area contributed by atoms with E-state index < -0.39 is 9.84 Å². The molecule has 1 N–H and O–H groups in total. The quantitative estimate of drug-likeness (QED) is 0.834. The second-order valence-electron chi connectivity index (χ2n) is 5.67. The van der Waals surface area contributed by atoms with Gasteiger partial charge in [0.2, 0.25) is 5.91 Å². The Hall–Kier alpha value is -0.620. The fourth-order valence-electron chi connectivity index (χ4n) is 3.08. The van der Waals surface area contributed by atoms with Crippen molar-refractivity contribution in [1.82, 2.24) is 10.2 Å². The highest BCUT2D eigenvalue weighted by atomic mass is 32.2. The van der Waals surface area contributed by atoms with Gasteiger partial charge in [-0.25, -0.2) is 8.42 Å². The van der Waals surface area contributed by atoms with Gasteiger partial charge in [-0.05, 0) is 26.2 Å². The van der Waals surface area contributed by atoms with Crippen LogP contribution in [0.3, 0.4) is 0 Å². The van der Waals surface area contributed by atoms with Crippen molar-refractivity contribution in [2.24, 2.45) is 0 Å². The topological polar surface area (TPSA) is 66.5 Å². The Balaban J connectivity index is 1.99. The molecule has 0 bridgehead atoms. The summed E-state index contributed by atoms with van der Waals surface area (Å²) < 4.78 is 22.9. The molecule has 5 nitrogen and oxygen atoms in total. The number of nitrogens with zero attached hydrogens (tertiary/aromatic N) is 1. The van der Waals surface area contributed by atoms with E-state index in [-0.39, 0.29) is 35.7 Å². The molecule has 2 atom stereocenters. The van der Waals surface area contributed by atoms with Crippen LogP contribution in [-0.2, 0) is 14.6 Å². The Morgan fingerprint density at radius 1 is 1.32 bits per heavy atom. The minimum atomic E-state index is -2.87. The Kier molecular flexibility index (Phi) is 4.50. The van der Waals surface area contributed by atoms with Gasteiger partial charge in [-0.3, -0.25) is 10.1 Å². The fraction of sp³-hybridized carbons (Fsp3) is 0.923. The van der Waals surface area contributed by atoms with Crippen LogP contribution in [-0.4, -0.2) is 49.0 Å². The molecule has 110 valence electrons. The normalized spacial score (nSPS) is 31.9. The summed E-state index contributed by atoms with van der Waals surface area (Å²) in [5.74, 6) is 0.590. The molecule has 0 radical (unpaired) electrons. The van der Waals surface area contributed by atoms with Crippen LogP contribution in [0.2, 0.25) is 0 Å². The molecule has 0 aromatic rings. The van der Waals surface area contributed by atoms with E-state index in [1.54, 1.807) is 0 Å². The molecule has 2 aliphatic rings. The lowest BCUT2D eigenvalue weighted by Crippen LogP contribution is -2.46. The first-order chi connectivity index (χ1) is 8.94. The molecule has 0 saturated carbocycles. The third-order valence-corrected chi connectivity index (χ3v) is 5.89. The van der Waals surface area contributed by atoms with Crippen molar-refractivity contribution in [2.45, 2.75) is 64.2 Å². The largest absolute Gasteiger partial charge is 0.323 e. The number of nitrogens with one attached hydrogen (secondary N) is 1. The lowest BCUT2D eigenvalue weighted by molar-refractivity contribution is -0.132. The lowest BCUT2D eigenvalue weighted by Gasteiger charge is -2.33. The van der Waals surface area contributed by atoms with Gasteiger partial charge in [0.15, 0.2) is 0 Å². The molecule has 2 unspecified atom stereocenters. The molecule has 1 amide bonds. The maximum absolute atomic E-state index is 12.4. The molecule has 2 heterocycles. The molecule has 6 heteroatoms. The first-order valence-electron chi connectivity index (χ1n) is 7.23. The van der Waals surface area contributed by atoms with Crippen molar-refractivity contribution in [3.05, 3.63) is 0 Å². The fourth-order valence-corrected chi connectivity index (χ4v) is 4.55. The second kappa shape index (κ2) is 5.79. The molecule has 0 spiro atoms. The Morgan fingerprint density at radius 2 is 1.95 bits per heavy atom. The summed E-state index contributed by atoms with van der Waals surface area (Å²) in [5.41, 5.74) is 0. The minimum Gasteiger partial charge on any atom is -0.323 e. The van der Waals surface area contributed by atoms with Crippen LogP contribution < -0.4 is 5.32 Å². The molecule has 2 aliphatic heterocycles. The number of amides is 1. The maximum Gasteiger partial charge on any atom is 0.241 e. The first kappa shape index (κ1) is 14.8. The van der Waals surface area contributed by atoms with Crippen LogP contribution in [0.25, 0.3) is 0 Å². The van der Waals surface area contributed by atoms with E-state index in [4.69, 9.17) is 0 Å². The molecule has 0 aromatic carbocycles. The maximum atomic E-state index is 12.4. The Bertz CT molecular complexity index is 421. The number of rotatable bonds is 4. The van der Waals surface area contributed by atoms with E-state index in [9.17, 15) is 13.2 Å². The van der Waals surface area contributed by atoms with E-state index in [0.717, 1.165) is 19.3 Å². The standard InChI is InChI=1S/C13H24N2O3S/c1-3-4-5-12-13(16)15(10(2)14-12)11-6-8-19(17,18)9-7-11/h10-12,14H,3-9H2,1-2H3. The third kappa shape index (κ3) is 3.28. The predicted molar refractivity (Wildman–Crippen MR) is 74.4 cm³/mol. The Morgan fingerprint density at radius 3 is 2.53 bits per heavy atom. The summed E-state index contributed by atoms with van der Waals surface area (Å²) in [5, 5.41) is 3.33. The van der Waals surface area contributed by atoms with Gasteiger partial charge in [0.1, 0.15) is 9.84 Å². The van der Waals surface area contributed by atoms with Crippen LogP contribution in [0.1, 0.15) is 46.0 Å². The number of sulfone groups is 1. The summed E-state index contributed by atoms with van der Waals surface area (Å²) in [4.78, 5) is 14.3. The molecular weight excluding hydrogens is 264 g/mol. The van der Waals surface area contributed by atoms with E-state index in [0.29, 0.717) is 12.8 Å². The van der Waals surface area contributed by atoms with Gasteiger partial charge >= 0.3 is 0 Å². The zero-order valence-electron chi connectivity index (χ0n) is 11.8. The van der Waals surface area contributed by atoms with Gasteiger partial charge in [0.25, 0.3) is 0 Å². The van der Waals surface area contributed by atoms with Crippen molar-refractivity contribution in [3.8, 4) is 0 Å². The third-order valence-electron chi connectivity index (χ3n) is 4.18. The SMILES string of the molecule is CCCCC1NC(C)N(C2CCS(=O)(=O)CC2)C1=O. The number of carbonyl (C=O) groups is 1. The van der Waals surface area contributed by atoms with Gasteiger partial charge in [-0.2, -0.15) is 0 Å². The number of unbranched alkanes of at least 4 members (excludes halogenated alkanes) is 1. The van der Waals surface area contributed by atoms with Crippen molar-refractivity contribution in [3.63, 3.8) is 0 Å². The van der Waals surface area contributed by atoms with Crippen LogP contribution in [0.5, 0.6) is 0 Å². The predicted octanol–water partition coefficient (Wildman–Crippen LogP) is 0.900. The average molecular weight is 288 g/mol. The van der Waals surface area contributed by atoms with Crippen molar-refractivity contribution < 1.29 is 13.2 Å². The van der Waals surface area contributed by atoms with Gasteiger partial charge in [-0.15, -0.1) is 0 Å². The number of hydrogen-bond donors (Lipinski definition) is 1. The van der Waals surface area contributed by atoms with Gasteiger partial charge in [-0.1, -0.05) is 19.8 Å². The summed E-state index contributed by atoms with van der Waals surface area (Å²) in [6.07, 6.45) is 4.20. The van der Waals surface area contributed by atoms with E-state index >= 15 is 0 Å². The molecule has 19 heavy (non-hydrogen) atoms. The van der Waals surface area contributed by atoms with Crippen LogP contribution in [0.15, 0.2) is 0 Å². The van der Waals surface area contributed by atoms with Gasteiger partial charge in [0.05, 0.1) is 23.7 Å². The van der Waals surface area contributed by atoms with E-state index in [2.05, 4.69) is 12.2 Å². The summed E-state index contributed by atoms with van der Waals surface area (Å²) in [6.45, 7) is 4.11. The van der Waals surface area contributed by atoms with Crippen LogP contribution in [0, 0.1) is 0 Å².